The largest absolute Gasteiger partial charge is 0.298 e. The quantitative estimate of drug-likeness (QED) is 0.801. The van der Waals surface area contributed by atoms with Crippen LogP contribution in [-0.2, 0) is 10.2 Å². The molecule has 0 unspecified atom stereocenters. The van der Waals surface area contributed by atoms with Gasteiger partial charge in [0.15, 0.2) is 0 Å². The molecule has 0 atom stereocenters. The molecular weight excluding hydrogens is 341 g/mol. The molecule has 0 saturated carbocycles. The third kappa shape index (κ3) is 4.88. The van der Waals surface area contributed by atoms with Gasteiger partial charge in [-0.15, -0.1) is 0 Å². The van der Waals surface area contributed by atoms with Crippen LogP contribution in [0.2, 0.25) is 0 Å². The van der Waals surface area contributed by atoms with Crippen LogP contribution in [0.15, 0.2) is 30.3 Å². The molecule has 3 rings (SSSR count). The SMILES string of the molecule is O=S(=O)(N1CCCC1)N1CCCN(C/C=C/c2ccc(F)cc2)CC1. The molecule has 0 bridgehead atoms. The van der Waals surface area contributed by atoms with Crippen LogP contribution in [0.25, 0.3) is 6.08 Å². The summed E-state index contributed by atoms with van der Waals surface area (Å²) in [7, 11) is -3.29. The Hall–Kier alpha value is -1.28. The minimum Gasteiger partial charge on any atom is -0.298 e. The van der Waals surface area contributed by atoms with Crippen LogP contribution in [0.3, 0.4) is 0 Å². The summed E-state index contributed by atoms with van der Waals surface area (Å²) in [6, 6.07) is 6.40. The molecule has 0 N–H and O–H groups in total. The second kappa shape index (κ2) is 8.40. The fourth-order valence-corrected chi connectivity index (χ4v) is 5.07. The highest BCUT2D eigenvalue weighted by Gasteiger charge is 2.32. The van der Waals surface area contributed by atoms with E-state index in [1.54, 1.807) is 20.7 Å². The molecule has 2 saturated heterocycles. The fourth-order valence-electron chi connectivity index (χ4n) is 3.35. The van der Waals surface area contributed by atoms with Crippen LogP contribution in [0.1, 0.15) is 24.8 Å². The van der Waals surface area contributed by atoms with Crippen LogP contribution in [-0.4, -0.2) is 67.7 Å². The Morgan fingerprint density at radius 2 is 1.52 bits per heavy atom. The highest BCUT2D eigenvalue weighted by Crippen LogP contribution is 2.18. The van der Waals surface area contributed by atoms with Crippen molar-refractivity contribution < 1.29 is 12.8 Å². The van der Waals surface area contributed by atoms with E-state index in [0.717, 1.165) is 44.5 Å². The van der Waals surface area contributed by atoms with Gasteiger partial charge >= 0.3 is 0 Å². The zero-order valence-electron chi connectivity index (χ0n) is 14.5. The summed E-state index contributed by atoms with van der Waals surface area (Å²) in [5, 5.41) is 0. The molecule has 0 radical (unpaired) electrons. The zero-order valence-corrected chi connectivity index (χ0v) is 15.3. The zero-order chi connectivity index (χ0) is 17.7. The monoisotopic (exact) mass is 367 g/mol. The van der Waals surface area contributed by atoms with E-state index in [1.165, 1.54) is 12.1 Å². The van der Waals surface area contributed by atoms with Crippen LogP contribution >= 0.6 is 0 Å². The molecule has 2 fully saturated rings. The minimum atomic E-state index is -3.29. The molecule has 0 amide bonds. The van der Waals surface area contributed by atoms with E-state index in [9.17, 15) is 12.8 Å². The maximum Gasteiger partial charge on any atom is 0.282 e. The lowest BCUT2D eigenvalue weighted by Gasteiger charge is -2.26. The van der Waals surface area contributed by atoms with E-state index in [2.05, 4.69) is 11.0 Å². The molecule has 138 valence electrons. The van der Waals surface area contributed by atoms with E-state index in [1.807, 2.05) is 6.08 Å². The van der Waals surface area contributed by atoms with Gasteiger partial charge in [0.1, 0.15) is 5.82 Å². The van der Waals surface area contributed by atoms with Crippen LogP contribution in [0.4, 0.5) is 4.39 Å². The molecule has 7 heteroatoms. The molecule has 5 nitrogen and oxygen atoms in total. The van der Waals surface area contributed by atoms with E-state index < -0.39 is 10.2 Å². The van der Waals surface area contributed by atoms with Crippen molar-refractivity contribution in [1.82, 2.24) is 13.5 Å². The van der Waals surface area contributed by atoms with Crippen molar-refractivity contribution in [2.75, 3.05) is 45.8 Å². The molecule has 2 heterocycles. The topological polar surface area (TPSA) is 43.9 Å². The summed E-state index contributed by atoms with van der Waals surface area (Å²) in [5.74, 6) is -0.232. The molecule has 1 aromatic rings. The summed E-state index contributed by atoms with van der Waals surface area (Å²) in [5.41, 5.74) is 0.967. The molecule has 0 aliphatic carbocycles. The summed E-state index contributed by atoms with van der Waals surface area (Å²) < 4.78 is 41.5. The molecule has 25 heavy (non-hydrogen) atoms. The normalized spacial score (nSPS) is 21.8. The van der Waals surface area contributed by atoms with Crippen molar-refractivity contribution in [3.63, 3.8) is 0 Å². The van der Waals surface area contributed by atoms with E-state index in [-0.39, 0.29) is 5.82 Å². The van der Waals surface area contributed by atoms with Crippen molar-refractivity contribution in [3.8, 4) is 0 Å². The summed E-state index contributed by atoms with van der Waals surface area (Å²) >= 11 is 0. The van der Waals surface area contributed by atoms with Crippen LogP contribution in [0.5, 0.6) is 0 Å². The van der Waals surface area contributed by atoms with Gasteiger partial charge in [0.2, 0.25) is 0 Å². The van der Waals surface area contributed by atoms with Gasteiger partial charge in [0.25, 0.3) is 10.2 Å². The van der Waals surface area contributed by atoms with E-state index in [4.69, 9.17) is 0 Å². The smallest absolute Gasteiger partial charge is 0.282 e. The Bertz CT molecular complexity index is 685. The predicted molar refractivity (Wildman–Crippen MR) is 97.8 cm³/mol. The lowest BCUT2D eigenvalue weighted by Crippen LogP contribution is -2.44. The molecule has 2 aliphatic heterocycles. The first-order valence-electron chi connectivity index (χ1n) is 8.95. The fraction of sp³-hybridized carbons (Fsp3) is 0.556. The van der Waals surface area contributed by atoms with Gasteiger partial charge in [0, 0.05) is 39.3 Å². The number of hydrogen-bond donors (Lipinski definition) is 0. The van der Waals surface area contributed by atoms with E-state index >= 15 is 0 Å². The van der Waals surface area contributed by atoms with Gasteiger partial charge < -0.3 is 0 Å². The average molecular weight is 367 g/mol. The molecule has 1 aromatic carbocycles. The maximum atomic E-state index is 12.9. The highest BCUT2D eigenvalue weighted by molar-refractivity contribution is 7.86. The summed E-state index contributed by atoms with van der Waals surface area (Å²) in [6.07, 6.45) is 6.80. The standard InChI is InChI=1S/C18H26FN3O2S/c19-18-8-6-17(7-9-18)5-3-10-20-11-4-14-22(16-15-20)25(23,24)21-12-1-2-13-21/h3,5-9H,1-2,4,10-16H2/b5-3+. The van der Waals surface area contributed by atoms with Gasteiger partial charge in [-0.2, -0.15) is 17.0 Å². The molecular formula is C18H26FN3O2S. The van der Waals surface area contributed by atoms with Crippen LogP contribution in [0, 0.1) is 5.82 Å². The Kier molecular flexibility index (Phi) is 6.22. The van der Waals surface area contributed by atoms with Gasteiger partial charge in [-0.3, -0.25) is 4.90 Å². The lowest BCUT2D eigenvalue weighted by molar-refractivity contribution is 0.312. The van der Waals surface area contributed by atoms with E-state index in [0.29, 0.717) is 26.2 Å². The number of halogens is 1. The second-order valence-corrected chi connectivity index (χ2v) is 8.55. The second-order valence-electron chi connectivity index (χ2n) is 6.62. The molecule has 2 aliphatic rings. The number of benzene rings is 1. The number of nitrogens with zero attached hydrogens (tertiary/aromatic N) is 3. The lowest BCUT2D eigenvalue weighted by atomic mass is 10.2. The Balaban J connectivity index is 1.52. The van der Waals surface area contributed by atoms with Crippen molar-refractivity contribution in [1.29, 1.82) is 0 Å². The highest BCUT2D eigenvalue weighted by atomic mass is 32.2. The molecule has 0 spiro atoms. The van der Waals surface area contributed by atoms with Crippen LogP contribution < -0.4 is 0 Å². The van der Waals surface area contributed by atoms with Gasteiger partial charge in [-0.05, 0) is 43.5 Å². The first-order valence-corrected chi connectivity index (χ1v) is 10.3. The van der Waals surface area contributed by atoms with Gasteiger partial charge in [-0.25, -0.2) is 4.39 Å². The third-order valence-corrected chi connectivity index (χ3v) is 6.84. The van der Waals surface area contributed by atoms with Crippen molar-refractivity contribution in [2.45, 2.75) is 19.3 Å². The minimum absolute atomic E-state index is 0.232. The molecule has 0 aromatic heterocycles. The predicted octanol–water partition coefficient (Wildman–Crippen LogP) is 2.19. The Morgan fingerprint density at radius 1 is 0.880 bits per heavy atom. The number of rotatable bonds is 5. The third-order valence-electron chi connectivity index (χ3n) is 4.81. The van der Waals surface area contributed by atoms with Gasteiger partial charge in [0.05, 0.1) is 0 Å². The Labute approximate surface area is 149 Å². The van der Waals surface area contributed by atoms with Gasteiger partial charge in [-0.1, -0.05) is 24.3 Å². The summed E-state index contributed by atoms with van der Waals surface area (Å²) in [4.78, 5) is 2.26. The average Bonchev–Trinajstić information content (AvgIpc) is 3.04. The maximum absolute atomic E-state index is 12.9. The summed E-state index contributed by atoms with van der Waals surface area (Å²) in [6.45, 7) is 4.85. The Morgan fingerprint density at radius 3 is 2.24 bits per heavy atom. The van der Waals surface area contributed by atoms with Crippen molar-refractivity contribution in [2.24, 2.45) is 0 Å². The van der Waals surface area contributed by atoms with Crippen molar-refractivity contribution >= 4 is 16.3 Å². The first kappa shape index (κ1) is 18.5. The number of hydrogen-bond acceptors (Lipinski definition) is 3. The van der Waals surface area contributed by atoms with Crippen molar-refractivity contribution in [3.05, 3.63) is 41.7 Å². The first-order chi connectivity index (χ1) is 12.1.